The maximum atomic E-state index is 13.5. The third-order valence-electron chi connectivity index (χ3n) is 9.13. The molecule has 1 amide bonds. The van der Waals surface area contributed by atoms with Crippen LogP contribution in [-0.2, 0) is 11.3 Å². The molecule has 1 saturated heterocycles. The number of carbonyl (C=O) groups is 1. The van der Waals surface area contributed by atoms with E-state index in [-0.39, 0.29) is 23.2 Å². The molecule has 2 heterocycles. The predicted octanol–water partition coefficient (Wildman–Crippen LogP) is 3.30. The number of rotatable bonds is 5. The predicted molar refractivity (Wildman–Crippen MR) is 127 cm³/mol. The Labute approximate surface area is 195 Å². The number of para-hydroxylation sites is 2. The van der Waals surface area contributed by atoms with Crippen LogP contribution in [0.25, 0.3) is 11.0 Å². The van der Waals surface area contributed by atoms with Gasteiger partial charge in [0.1, 0.15) is 0 Å². The van der Waals surface area contributed by atoms with Crippen molar-refractivity contribution in [2.75, 3.05) is 32.8 Å². The van der Waals surface area contributed by atoms with Gasteiger partial charge in [-0.2, -0.15) is 0 Å². The standard InChI is InChI=1S/C26H36N4O3/c1-18(26-15-19-12-20(16-26)14-21(13-19)17-26)27-24(31)30-23-5-3-2-4-22(23)29(25(30)32)7-6-28-8-10-33-11-9-28/h2-5,18-21H,6-17H2,1H3,(H,27,31). The number of aromatic nitrogens is 2. The molecule has 4 bridgehead atoms. The second kappa shape index (κ2) is 8.27. The maximum absolute atomic E-state index is 13.5. The Morgan fingerprint density at radius 1 is 1.03 bits per heavy atom. The zero-order chi connectivity index (χ0) is 22.6. The number of amides is 1. The van der Waals surface area contributed by atoms with Crippen LogP contribution >= 0.6 is 0 Å². The monoisotopic (exact) mass is 452 g/mol. The lowest BCUT2D eigenvalue weighted by atomic mass is 9.48. The van der Waals surface area contributed by atoms with E-state index in [1.54, 1.807) is 4.57 Å². The molecule has 1 N–H and O–H groups in total. The second-order valence-corrected chi connectivity index (χ2v) is 11.2. The van der Waals surface area contributed by atoms with E-state index in [1.807, 2.05) is 24.3 Å². The number of hydrogen-bond donors (Lipinski definition) is 1. The Hall–Kier alpha value is -2.12. The number of ether oxygens (including phenoxy) is 1. The first-order valence-corrected chi connectivity index (χ1v) is 12.8. The quantitative estimate of drug-likeness (QED) is 0.756. The summed E-state index contributed by atoms with van der Waals surface area (Å²) >= 11 is 0. The van der Waals surface area contributed by atoms with Gasteiger partial charge in [0.2, 0.25) is 0 Å². The molecule has 2 aromatic rings. The number of morpholine rings is 1. The molecule has 178 valence electrons. The minimum Gasteiger partial charge on any atom is -0.379 e. The number of hydrogen-bond acceptors (Lipinski definition) is 4. The number of imidazole rings is 1. The summed E-state index contributed by atoms with van der Waals surface area (Å²) in [6.07, 6.45) is 7.85. The average Bonchev–Trinajstić information content (AvgIpc) is 3.08. The van der Waals surface area contributed by atoms with Gasteiger partial charge in [-0.15, -0.1) is 0 Å². The van der Waals surface area contributed by atoms with Crippen molar-refractivity contribution in [1.29, 1.82) is 0 Å². The van der Waals surface area contributed by atoms with Gasteiger partial charge < -0.3 is 10.1 Å². The first-order valence-electron chi connectivity index (χ1n) is 12.8. The van der Waals surface area contributed by atoms with Crippen molar-refractivity contribution in [2.45, 2.75) is 58.0 Å². The highest BCUT2D eigenvalue weighted by Gasteiger charge is 2.53. The van der Waals surface area contributed by atoms with Crippen LogP contribution in [-0.4, -0.2) is 59.0 Å². The number of fused-ring (bicyclic) bond motifs is 1. The van der Waals surface area contributed by atoms with E-state index in [4.69, 9.17) is 4.74 Å². The fraction of sp³-hybridized carbons (Fsp3) is 0.692. The van der Waals surface area contributed by atoms with E-state index in [0.717, 1.165) is 56.1 Å². The zero-order valence-electron chi connectivity index (χ0n) is 19.7. The minimum absolute atomic E-state index is 0.0840. The molecule has 1 aliphatic heterocycles. The third-order valence-corrected chi connectivity index (χ3v) is 9.13. The Morgan fingerprint density at radius 2 is 1.64 bits per heavy atom. The van der Waals surface area contributed by atoms with Crippen LogP contribution in [0.3, 0.4) is 0 Å². The van der Waals surface area contributed by atoms with Gasteiger partial charge >= 0.3 is 11.7 Å². The zero-order valence-corrected chi connectivity index (χ0v) is 19.7. The minimum atomic E-state index is -0.274. The lowest BCUT2D eigenvalue weighted by Gasteiger charge is -2.59. The highest BCUT2D eigenvalue weighted by molar-refractivity contribution is 5.89. The normalized spacial score (nSPS) is 32.3. The van der Waals surface area contributed by atoms with Crippen molar-refractivity contribution in [3.05, 3.63) is 34.7 Å². The van der Waals surface area contributed by atoms with Gasteiger partial charge in [-0.1, -0.05) is 12.1 Å². The lowest BCUT2D eigenvalue weighted by Crippen LogP contribution is -2.56. The Kier molecular flexibility index (Phi) is 5.37. The number of benzene rings is 1. The molecule has 0 spiro atoms. The average molecular weight is 453 g/mol. The van der Waals surface area contributed by atoms with Crippen molar-refractivity contribution in [1.82, 2.24) is 19.4 Å². The second-order valence-electron chi connectivity index (χ2n) is 11.2. The molecule has 5 fully saturated rings. The summed E-state index contributed by atoms with van der Waals surface area (Å²) in [6, 6.07) is 7.48. The Bertz CT molecular complexity index is 1060. The summed E-state index contributed by atoms with van der Waals surface area (Å²) in [7, 11) is 0. The summed E-state index contributed by atoms with van der Waals surface area (Å²) in [5.74, 6) is 2.50. The van der Waals surface area contributed by atoms with Gasteiger partial charge in [0, 0.05) is 32.2 Å². The van der Waals surface area contributed by atoms with Crippen LogP contribution in [0.4, 0.5) is 4.79 Å². The van der Waals surface area contributed by atoms with E-state index >= 15 is 0 Å². The molecule has 7 heteroatoms. The smallest absolute Gasteiger partial charge is 0.337 e. The first kappa shape index (κ1) is 21.4. The molecule has 1 aromatic heterocycles. The molecule has 33 heavy (non-hydrogen) atoms. The fourth-order valence-corrected chi connectivity index (χ4v) is 7.80. The molecule has 5 aliphatic rings. The van der Waals surface area contributed by atoms with Gasteiger partial charge in [0.15, 0.2) is 0 Å². The lowest BCUT2D eigenvalue weighted by molar-refractivity contribution is -0.0682. The highest BCUT2D eigenvalue weighted by Crippen LogP contribution is 2.61. The molecular weight excluding hydrogens is 416 g/mol. The van der Waals surface area contributed by atoms with Crippen molar-refractivity contribution in [3.8, 4) is 0 Å². The summed E-state index contributed by atoms with van der Waals surface area (Å²) in [5, 5.41) is 3.29. The molecule has 0 radical (unpaired) electrons. The van der Waals surface area contributed by atoms with E-state index in [1.165, 1.54) is 43.1 Å². The van der Waals surface area contributed by atoms with E-state index in [9.17, 15) is 9.59 Å². The van der Waals surface area contributed by atoms with Crippen molar-refractivity contribution in [3.63, 3.8) is 0 Å². The maximum Gasteiger partial charge on any atom is 0.337 e. The molecule has 4 saturated carbocycles. The SMILES string of the molecule is CC(NC(=O)n1c(=O)n(CCN2CCOCC2)c2ccccc21)C12CC3CC(CC(C3)C1)C2. The van der Waals surface area contributed by atoms with Gasteiger partial charge in [-0.3, -0.25) is 9.47 Å². The van der Waals surface area contributed by atoms with Crippen LogP contribution in [0.5, 0.6) is 0 Å². The first-order chi connectivity index (χ1) is 16.0. The number of nitrogens with one attached hydrogen (secondary N) is 1. The fourth-order valence-electron chi connectivity index (χ4n) is 7.80. The number of nitrogens with zero attached hydrogens (tertiary/aromatic N) is 3. The molecular formula is C26H36N4O3. The van der Waals surface area contributed by atoms with Crippen LogP contribution in [0, 0.1) is 23.2 Å². The molecule has 4 aliphatic carbocycles. The van der Waals surface area contributed by atoms with Crippen molar-refractivity contribution < 1.29 is 9.53 Å². The summed E-state index contributed by atoms with van der Waals surface area (Å²) in [6.45, 7) is 6.77. The van der Waals surface area contributed by atoms with Crippen LogP contribution in [0.2, 0.25) is 0 Å². The van der Waals surface area contributed by atoms with E-state index < -0.39 is 0 Å². The Balaban J connectivity index is 1.24. The number of carbonyl (C=O) groups excluding carboxylic acids is 1. The van der Waals surface area contributed by atoms with Crippen LogP contribution in [0.15, 0.2) is 29.1 Å². The van der Waals surface area contributed by atoms with Gasteiger partial charge in [-0.25, -0.2) is 14.2 Å². The molecule has 1 unspecified atom stereocenters. The van der Waals surface area contributed by atoms with E-state index in [2.05, 4.69) is 17.1 Å². The van der Waals surface area contributed by atoms with Crippen molar-refractivity contribution in [2.24, 2.45) is 23.2 Å². The molecule has 7 nitrogen and oxygen atoms in total. The summed E-state index contributed by atoms with van der Waals surface area (Å²) in [5.41, 5.74) is 1.50. The molecule has 7 rings (SSSR count). The largest absolute Gasteiger partial charge is 0.379 e. The molecule has 1 atom stereocenters. The molecule has 1 aromatic carbocycles. The van der Waals surface area contributed by atoms with Gasteiger partial charge in [0.25, 0.3) is 0 Å². The van der Waals surface area contributed by atoms with Gasteiger partial charge in [-0.05, 0) is 80.8 Å². The van der Waals surface area contributed by atoms with Crippen molar-refractivity contribution >= 4 is 17.1 Å². The summed E-state index contributed by atoms with van der Waals surface area (Å²) in [4.78, 5) is 29.3. The van der Waals surface area contributed by atoms with Crippen LogP contribution in [0.1, 0.15) is 45.4 Å². The summed E-state index contributed by atoms with van der Waals surface area (Å²) < 4.78 is 8.57. The van der Waals surface area contributed by atoms with E-state index in [0.29, 0.717) is 12.1 Å². The topological polar surface area (TPSA) is 68.5 Å². The highest BCUT2D eigenvalue weighted by atomic mass is 16.5. The van der Waals surface area contributed by atoms with Gasteiger partial charge in [0.05, 0.1) is 24.2 Å². The van der Waals surface area contributed by atoms with Crippen LogP contribution < -0.4 is 11.0 Å². The Morgan fingerprint density at radius 3 is 2.27 bits per heavy atom. The third kappa shape index (κ3) is 3.73.